The maximum Gasteiger partial charge on any atom is 0.306 e. The van der Waals surface area contributed by atoms with Gasteiger partial charge in [-0.05, 0) is 51.4 Å². The molecule has 0 bridgehead atoms. The number of hydrogen-bond donors (Lipinski definition) is 0. The minimum atomic E-state index is -1.13. The summed E-state index contributed by atoms with van der Waals surface area (Å²) in [6.07, 6.45) is 42.9. The largest absolute Gasteiger partial charge is 0.544 e. The number of hydrogen-bond acceptors (Lipinski definition) is 7. The van der Waals surface area contributed by atoms with Gasteiger partial charge in [0.25, 0.3) is 0 Å². The van der Waals surface area contributed by atoms with Gasteiger partial charge in [0.1, 0.15) is 12.6 Å². The van der Waals surface area contributed by atoms with Crippen LogP contribution in [0.25, 0.3) is 0 Å². The summed E-state index contributed by atoms with van der Waals surface area (Å²) in [7, 11) is 5.40. The van der Waals surface area contributed by atoms with Crippen molar-refractivity contribution in [1.29, 1.82) is 0 Å². The van der Waals surface area contributed by atoms with Crippen LogP contribution in [0.2, 0.25) is 0 Å². The molecule has 0 spiro atoms. The zero-order valence-electron chi connectivity index (χ0n) is 35.4. The number of aliphatic carboxylic acids is 1. The second-order valence-corrected chi connectivity index (χ2v) is 15.6. The lowest BCUT2D eigenvalue weighted by atomic mass is 10.1. The molecule has 0 aromatic rings. The average Bonchev–Trinajstić information content (AvgIpc) is 3.12. The number of esters is 2. The van der Waals surface area contributed by atoms with Crippen LogP contribution >= 0.6 is 0 Å². The Kier molecular flexibility index (Phi) is 35.4. The number of likely N-dealkylation sites (N-methyl/N-ethyl adjacent to an activating group) is 1. The molecule has 0 radical (unpaired) electrons. The van der Waals surface area contributed by atoms with Gasteiger partial charge >= 0.3 is 11.9 Å². The molecule has 0 saturated heterocycles. The molecule has 0 aliphatic rings. The normalized spacial score (nSPS) is 13.4. The smallest absolute Gasteiger partial charge is 0.306 e. The van der Waals surface area contributed by atoms with Crippen LogP contribution in [0.1, 0.15) is 174 Å². The van der Waals surface area contributed by atoms with Crippen molar-refractivity contribution in [1.82, 2.24) is 0 Å². The summed E-state index contributed by atoms with van der Waals surface area (Å²) >= 11 is 0. The van der Waals surface area contributed by atoms with Crippen LogP contribution in [0.3, 0.4) is 0 Å². The van der Waals surface area contributed by atoms with E-state index in [2.05, 4.69) is 62.5 Å². The van der Waals surface area contributed by atoms with Crippen LogP contribution in [-0.2, 0) is 28.6 Å². The van der Waals surface area contributed by atoms with Crippen LogP contribution in [0.4, 0.5) is 0 Å². The van der Waals surface area contributed by atoms with Crippen molar-refractivity contribution in [3.63, 3.8) is 0 Å². The predicted molar refractivity (Wildman–Crippen MR) is 222 cm³/mol. The average molecular weight is 760 g/mol. The van der Waals surface area contributed by atoms with Crippen molar-refractivity contribution in [2.75, 3.05) is 41.0 Å². The Morgan fingerprint density at radius 2 is 1.04 bits per heavy atom. The van der Waals surface area contributed by atoms with E-state index >= 15 is 0 Å². The summed E-state index contributed by atoms with van der Waals surface area (Å²) in [6, 6.07) is -0.725. The SMILES string of the molecule is CC/C=C/C/C=C/C/C=C/C/C=C/CCCCCCCCCCCC(=O)OC(COCCC(C(=O)[O-])[N+](C)(C)C)COC(=O)CCCCCCCCCC. The minimum absolute atomic E-state index is 0.0388. The lowest BCUT2D eigenvalue weighted by Gasteiger charge is -2.34. The molecule has 0 saturated carbocycles. The van der Waals surface area contributed by atoms with Gasteiger partial charge in [-0.25, -0.2) is 0 Å². The molecule has 0 fully saturated rings. The van der Waals surface area contributed by atoms with E-state index in [1.165, 1.54) is 70.6 Å². The Morgan fingerprint density at radius 1 is 0.574 bits per heavy atom. The zero-order chi connectivity index (χ0) is 40.0. The van der Waals surface area contributed by atoms with Crippen molar-refractivity contribution in [3.8, 4) is 0 Å². The lowest BCUT2D eigenvalue weighted by Crippen LogP contribution is -2.55. The summed E-state index contributed by atoms with van der Waals surface area (Å²) in [5, 5.41) is 11.6. The predicted octanol–water partition coefficient (Wildman–Crippen LogP) is 10.3. The second kappa shape index (κ2) is 37.2. The zero-order valence-corrected chi connectivity index (χ0v) is 35.4. The van der Waals surface area contributed by atoms with E-state index in [0.29, 0.717) is 12.8 Å². The first-order chi connectivity index (χ1) is 26.1. The number of carboxylic acids is 1. The Labute approximate surface area is 331 Å². The van der Waals surface area contributed by atoms with Crippen molar-refractivity contribution < 1.29 is 38.2 Å². The van der Waals surface area contributed by atoms with Crippen molar-refractivity contribution in [2.45, 2.75) is 187 Å². The van der Waals surface area contributed by atoms with Crippen molar-refractivity contribution in [3.05, 3.63) is 48.6 Å². The van der Waals surface area contributed by atoms with Crippen LogP contribution in [0, 0.1) is 0 Å². The Balaban J connectivity index is 4.24. The van der Waals surface area contributed by atoms with Gasteiger partial charge in [-0.15, -0.1) is 0 Å². The van der Waals surface area contributed by atoms with E-state index in [1.54, 1.807) is 21.1 Å². The van der Waals surface area contributed by atoms with Crippen LogP contribution < -0.4 is 5.11 Å². The molecule has 0 aromatic heterocycles. The summed E-state index contributed by atoms with van der Waals surface area (Å²) in [6.45, 7) is 4.51. The number of rotatable bonds is 38. The highest BCUT2D eigenvalue weighted by Gasteiger charge is 2.25. The number of allylic oxidation sites excluding steroid dienone is 8. The third kappa shape index (κ3) is 35.0. The number of carbonyl (C=O) groups is 3. The number of ether oxygens (including phenoxy) is 3. The molecule has 312 valence electrons. The number of quaternary nitrogens is 1. The molecular weight excluding hydrogens is 679 g/mol. The van der Waals surface area contributed by atoms with Gasteiger partial charge in [0.15, 0.2) is 6.10 Å². The van der Waals surface area contributed by atoms with Gasteiger partial charge in [-0.3, -0.25) is 9.59 Å². The Hall–Kier alpha value is -2.71. The molecule has 0 aliphatic heterocycles. The molecule has 0 rings (SSSR count). The molecule has 2 atom stereocenters. The van der Waals surface area contributed by atoms with E-state index in [4.69, 9.17) is 14.2 Å². The molecule has 0 heterocycles. The summed E-state index contributed by atoms with van der Waals surface area (Å²) < 4.78 is 17.1. The van der Waals surface area contributed by atoms with E-state index in [0.717, 1.165) is 70.6 Å². The molecule has 2 unspecified atom stereocenters. The van der Waals surface area contributed by atoms with Gasteiger partial charge in [-0.2, -0.15) is 0 Å². The van der Waals surface area contributed by atoms with Crippen molar-refractivity contribution >= 4 is 17.9 Å². The molecule has 0 aromatic carbocycles. The Morgan fingerprint density at radius 3 is 1.54 bits per heavy atom. The van der Waals surface area contributed by atoms with Gasteiger partial charge in [0, 0.05) is 19.3 Å². The summed E-state index contributed by atoms with van der Waals surface area (Å²) in [5.41, 5.74) is 0. The van der Waals surface area contributed by atoms with Gasteiger partial charge < -0.3 is 28.6 Å². The quantitative estimate of drug-likeness (QED) is 0.0267. The molecule has 8 nitrogen and oxygen atoms in total. The third-order valence-corrected chi connectivity index (χ3v) is 9.48. The fraction of sp³-hybridized carbons (Fsp3) is 0.761. The second-order valence-electron chi connectivity index (χ2n) is 15.6. The number of nitrogens with zero attached hydrogens (tertiary/aromatic N) is 1. The fourth-order valence-corrected chi connectivity index (χ4v) is 6.12. The molecular formula is C46H81NO7. The minimum Gasteiger partial charge on any atom is -0.544 e. The van der Waals surface area contributed by atoms with Crippen LogP contribution in [0.15, 0.2) is 48.6 Å². The molecule has 0 amide bonds. The molecule has 54 heavy (non-hydrogen) atoms. The maximum atomic E-state index is 12.7. The van der Waals surface area contributed by atoms with E-state index in [1.807, 2.05) is 0 Å². The highest BCUT2D eigenvalue weighted by molar-refractivity contribution is 5.70. The lowest BCUT2D eigenvalue weighted by molar-refractivity contribution is -0.889. The van der Waals surface area contributed by atoms with E-state index in [9.17, 15) is 19.5 Å². The monoisotopic (exact) mass is 760 g/mol. The van der Waals surface area contributed by atoms with Crippen LogP contribution in [-0.4, -0.2) is 75.5 Å². The molecule has 0 aliphatic carbocycles. The molecule has 0 N–H and O–H groups in total. The topological polar surface area (TPSA) is 102 Å². The van der Waals surface area contributed by atoms with E-state index < -0.39 is 18.1 Å². The van der Waals surface area contributed by atoms with Gasteiger partial charge in [0.05, 0.1) is 40.3 Å². The van der Waals surface area contributed by atoms with Gasteiger partial charge in [0.2, 0.25) is 0 Å². The highest BCUT2D eigenvalue weighted by atomic mass is 16.6. The highest BCUT2D eigenvalue weighted by Crippen LogP contribution is 2.14. The first kappa shape index (κ1) is 51.3. The summed E-state index contributed by atoms with van der Waals surface area (Å²) in [5.74, 6) is -1.75. The van der Waals surface area contributed by atoms with Gasteiger partial charge in [-0.1, -0.05) is 152 Å². The van der Waals surface area contributed by atoms with Crippen molar-refractivity contribution in [2.24, 2.45) is 0 Å². The number of unbranched alkanes of at least 4 members (excludes halogenated alkanes) is 16. The molecule has 8 heteroatoms. The number of carbonyl (C=O) groups excluding carboxylic acids is 3. The van der Waals surface area contributed by atoms with Crippen LogP contribution in [0.5, 0.6) is 0 Å². The number of carboxylic acid groups (broad SMARTS) is 1. The first-order valence-corrected chi connectivity index (χ1v) is 21.7. The van der Waals surface area contributed by atoms with E-state index in [-0.39, 0.29) is 42.7 Å². The standard InChI is InChI=1S/C46H81NO7/c1-6-8-10-12-14-16-17-18-19-20-21-22-23-24-25-26-27-28-29-31-33-35-37-45(49)54-42(40-52-39-38-43(46(50)51)47(3,4)5)41-53-44(48)36-34-32-30-15-13-11-9-7-2/h8,10,14,16,18-19,21-22,42-43H,6-7,9,11-13,15,17,20,23-41H2,1-5H3/b10-8+,16-14+,19-18+,22-21+. The Bertz CT molecular complexity index is 1030. The fourth-order valence-electron chi connectivity index (χ4n) is 6.12. The summed E-state index contributed by atoms with van der Waals surface area (Å²) in [4.78, 5) is 36.7. The maximum absolute atomic E-state index is 12.7. The third-order valence-electron chi connectivity index (χ3n) is 9.48. The first-order valence-electron chi connectivity index (χ1n) is 21.7.